The maximum atomic E-state index is 6.06. The van der Waals surface area contributed by atoms with E-state index in [0.717, 1.165) is 48.9 Å². The van der Waals surface area contributed by atoms with Crippen LogP contribution in [0.5, 0.6) is 5.88 Å². The highest BCUT2D eigenvalue weighted by Gasteiger charge is 2.30. The van der Waals surface area contributed by atoms with E-state index in [9.17, 15) is 0 Å². The van der Waals surface area contributed by atoms with Crippen molar-refractivity contribution in [1.29, 1.82) is 0 Å². The van der Waals surface area contributed by atoms with Crippen molar-refractivity contribution in [1.82, 2.24) is 9.97 Å². The summed E-state index contributed by atoms with van der Waals surface area (Å²) in [6.45, 7) is 0. The third kappa shape index (κ3) is 2.31. The van der Waals surface area contributed by atoms with Crippen molar-refractivity contribution in [2.24, 2.45) is 5.73 Å². The fourth-order valence-corrected chi connectivity index (χ4v) is 3.31. The van der Waals surface area contributed by atoms with Crippen molar-refractivity contribution in [3.8, 4) is 17.1 Å². The smallest absolute Gasteiger partial charge is 0.223 e. The number of aryl methyl sites for hydroxylation is 1. The van der Waals surface area contributed by atoms with Gasteiger partial charge in [-0.2, -0.15) is 4.98 Å². The van der Waals surface area contributed by atoms with E-state index in [-0.39, 0.29) is 18.1 Å². The molecule has 0 unspecified atom stereocenters. The Labute approximate surface area is 129 Å². The third-order valence-electron chi connectivity index (χ3n) is 4.54. The highest BCUT2D eigenvalue weighted by molar-refractivity contribution is 5.70. The molecular weight excluding hydrogens is 276 g/mol. The quantitative estimate of drug-likeness (QED) is 0.886. The number of benzene rings is 1. The monoisotopic (exact) mass is 296 g/mol. The summed E-state index contributed by atoms with van der Waals surface area (Å²) >= 11 is 0. The van der Waals surface area contributed by atoms with Crippen molar-refractivity contribution in [2.45, 2.75) is 44.2 Å². The van der Waals surface area contributed by atoms with Gasteiger partial charge in [0.2, 0.25) is 11.8 Å². The Kier molecular flexibility index (Phi) is 3.22. The summed E-state index contributed by atoms with van der Waals surface area (Å²) in [4.78, 5) is 8.86. The molecule has 0 spiro atoms. The highest BCUT2D eigenvalue weighted by atomic mass is 16.5. The minimum absolute atomic E-state index is 0.159. The molecule has 0 atom stereocenters. The SMILES string of the molecule is Nc1nc(O[C@H]2C[C@H](N)C2)c2c(n1)-c1ccccc1CCC2. The number of hydrogen-bond donors (Lipinski definition) is 2. The number of nitrogen functional groups attached to an aromatic ring is 1. The van der Waals surface area contributed by atoms with Gasteiger partial charge >= 0.3 is 0 Å². The molecule has 0 bridgehead atoms. The van der Waals surface area contributed by atoms with Crippen molar-refractivity contribution in [3.05, 3.63) is 35.4 Å². The summed E-state index contributed by atoms with van der Waals surface area (Å²) in [6.07, 6.45) is 4.95. The van der Waals surface area contributed by atoms with E-state index < -0.39 is 0 Å². The molecule has 1 fully saturated rings. The van der Waals surface area contributed by atoms with Crippen LogP contribution in [0.2, 0.25) is 0 Å². The molecule has 2 aromatic rings. The molecule has 1 aromatic carbocycles. The second kappa shape index (κ2) is 5.25. The largest absolute Gasteiger partial charge is 0.474 e. The molecule has 2 aliphatic carbocycles. The number of aromatic nitrogens is 2. The number of ether oxygens (including phenoxy) is 1. The van der Waals surface area contributed by atoms with E-state index in [1.165, 1.54) is 5.56 Å². The lowest BCUT2D eigenvalue weighted by Crippen LogP contribution is -2.43. The average Bonchev–Trinajstić information content (AvgIpc) is 2.65. The molecule has 0 radical (unpaired) electrons. The van der Waals surface area contributed by atoms with Crippen molar-refractivity contribution in [3.63, 3.8) is 0 Å². The molecule has 4 N–H and O–H groups in total. The number of nitrogens with two attached hydrogens (primary N) is 2. The number of nitrogens with zero attached hydrogens (tertiary/aromatic N) is 2. The lowest BCUT2D eigenvalue weighted by molar-refractivity contribution is 0.0947. The van der Waals surface area contributed by atoms with E-state index in [0.29, 0.717) is 5.88 Å². The van der Waals surface area contributed by atoms with Gasteiger partial charge in [-0.3, -0.25) is 0 Å². The molecule has 0 aliphatic heterocycles. The number of hydrogen-bond acceptors (Lipinski definition) is 5. The number of anilines is 1. The van der Waals surface area contributed by atoms with E-state index in [1.54, 1.807) is 0 Å². The van der Waals surface area contributed by atoms with Crippen LogP contribution < -0.4 is 16.2 Å². The molecule has 4 rings (SSSR count). The van der Waals surface area contributed by atoms with Crippen LogP contribution in [-0.2, 0) is 12.8 Å². The fraction of sp³-hybridized carbons (Fsp3) is 0.412. The van der Waals surface area contributed by atoms with Crippen molar-refractivity contribution < 1.29 is 4.74 Å². The van der Waals surface area contributed by atoms with Gasteiger partial charge in [0.1, 0.15) is 6.10 Å². The summed E-state index contributed by atoms with van der Waals surface area (Å²) in [6, 6.07) is 8.63. The minimum Gasteiger partial charge on any atom is -0.474 e. The van der Waals surface area contributed by atoms with Gasteiger partial charge in [0.15, 0.2) is 0 Å². The van der Waals surface area contributed by atoms with Gasteiger partial charge in [-0.15, -0.1) is 0 Å². The first-order valence-corrected chi connectivity index (χ1v) is 7.87. The fourth-order valence-electron chi connectivity index (χ4n) is 3.31. The van der Waals surface area contributed by atoms with Crippen LogP contribution in [0.25, 0.3) is 11.3 Å². The summed E-state index contributed by atoms with van der Waals surface area (Å²) in [5.41, 5.74) is 16.2. The molecule has 5 heteroatoms. The first-order valence-electron chi connectivity index (χ1n) is 7.87. The summed E-state index contributed by atoms with van der Waals surface area (Å²) in [5.74, 6) is 0.921. The van der Waals surface area contributed by atoms with Crippen LogP contribution in [0.3, 0.4) is 0 Å². The first-order chi connectivity index (χ1) is 10.7. The van der Waals surface area contributed by atoms with Crippen LogP contribution in [0.4, 0.5) is 5.95 Å². The molecular formula is C17H20N4O. The van der Waals surface area contributed by atoms with Crippen LogP contribution in [-0.4, -0.2) is 22.1 Å². The summed E-state index contributed by atoms with van der Waals surface area (Å²) in [5, 5.41) is 0. The van der Waals surface area contributed by atoms with Gasteiger partial charge in [-0.05, 0) is 37.7 Å². The Morgan fingerprint density at radius 1 is 1.09 bits per heavy atom. The van der Waals surface area contributed by atoms with E-state index >= 15 is 0 Å². The molecule has 22 heavy (non-hydrogen) atoms. The zero-order valence-electron chi connectivity index (χ0n) is 12.5. The molecule has 1 saturated carbocycles. The van der Waals surface area contributed by atoms with Crippen LogP contribution in [0, 0.1) is 0 Å². The first kappa shape index (κ1) is 13.5. The van der Waals surface area contributed by atoms with Crippen LogP contribution >= 0.6 is 0 Å². The molecule has 2 aliphatic rings. The molecule has 5 nitrogen and oxygen atoms in total. The second-order valence-corrected chi connectivity index (χ2v) is 6.20. The average molecular weight is 296 g/mol. The summed E-state index contributed by atoms with van der Waals surface area (Å²) < 4.78 is 6.06. The molecule has 1 aromatic heterocycles. The standard InChI is InChI=1S/C17H20N4O/c18-11-8-12(9-11)22-16-14-7-3-5-10-4-1-2-6-13(10)15(14)20-17(19)21-16/h1-2,4,6,11-12H,3,5,7-9,18H2,(H2,19,20,21)/t11-,12-. The lowest BCUT2D eigenvalue weighted by Gasteiger charge is -2.32. The predicted octanol–water partition coefficient (Wildman–Crippen LogP) is 2.08. The Morgan fingerprint density at radius 3 is 2.73 bits per heavy atom. The number of fused-ring (bicyclic) bond motifs is 3. The second-order valence-electron chi connectivity index (χ2n) is 6.20. The van der Waals surface area contributed by atoms with E-state index in [2.05, 4.69) is 28.2 Å². The van der Waals surface area contributed by atoms with Crippen LogP contribution in [0.1, 0.15) is 30.4 Å². The zero-order chi connectivity index (χ0) is 15.1. The van der Waals surface area contributed by atoms with Crippen molar-refractivity contribution >= 4 is 5.95 Å². The number of rotatable bonds is 2. The highest BCUT2D eigenvalue weighted by Crippen LogP contribution is 2.36. The van der Waals surface area contributed by atoms with E-state index in [1.807, 2.05) is 6.07 Å². The van der Waals surface area contributed by atoms with Gasteiger partial charge in [-0.25, -0.2) is 4.98 Å². The van der Waals surface area contributed by atoms with Crippen molar-refractivity contribution in [2.75, 3.05) is 5.73 Å². The maximum Gasteiger partial charge on any atom is 0.223 e. The Morgan fingerprint density at radius 2 is 1.91 bits per heavy atom. The predicted molar refractivity (Wildman–Crippen MR) is 85.5 cm³/mol. The Bertz CT molecular complexity index is 710. The maximum absolute atomic E-state index is 6.06. The topological polar surface area (TPSA) is 87.0 Å². The molecule has 0 amide bonds. The van der Waals surface area contributed by atoms with Gasteiger partial charge < -0.3 is 16.2 Å². The van der Waals surface area contributed by atoms with Gasteiger partial charge in [0, 0.05) is 17.2 Å². The minimum atomic E-state index is 0.159. The summed E-state index contributed by atoms with van der Waals surface area (Å²) in [7, 11) is 0. The van der Waals surface area contributed by atoms with Gasteiger partial charge in [0.25, 0.3) is 0 Å². The lowest BCUT2D eigenvalue weighted by atomic mass is 9.90. The van der Waals surface area contributed by atoms with Gasteiger partial charge in [-0.1, -0.05) is 24.3 Å². The Balaban J connectivity index is 1.78. The Hall–Kier alpha value is -2.14. The normalized spacial score (nSPS) is 23.0. The zero-order valence-corrected chi connectivity index (χ0v) is 12.5. The molecule has 0 saturated heterocycles. The van der Waals surface area contributed by atoms with E-state index in [4.69, 9.17) is 16.2 Å². The molecule has 114 valence electrons. The third-order valence-corrected chi connectivity index (χ3v) is 4.54. The molecule has 1 heterocycles. The van der Waals surface area contributed by atoms with Crippen LogP contribution in [0.15, 0.2) is 24.3 Å². The van der Waals surface area contributed by atoms with Gasteiger partial charge in [0.05, 0.1) is 5.69 Å².